The second kappa shape index (κ2) is 4.29. The fraction of sp³-hybridized carbons (Fsp3) is 0.769. The molecular weight excluding hydrogens is 172 g/mol. The summed E-state index contributed by atoms with van der Waals surface area (Å²) in [6.45, 7) is 8.56. The third kappa shape index (κ3) is 2.70. The molecule has 2 unspecified atom stereocenters. The highest BCUT2D eigenvalue weighted by atomic mass is 16.1. The van der Waals surface area contributed by atoms with Crippen molar-refractivity contribution in [2.75, 3.05) is 0 Å². The summed E-state index contributed by atoms with van der Waals surface area (Å²) in [5, 5.41) is 0. The molecule has 14 heavy (non-hydrogen) atoms. The van der Waals surface area contributed by atoms with Gasteiger partial charge in [-0.25, -0.2) is 0 Å². The van der Waals surface area contributed by atoms with Gasteiger partial charge in [0.15, 0.2) is 5.78 Å². The van der Waals surface area contributed by atoms with Gasteiger partial charge in [-0.2, -0.15) is 0 Å². The van der Waals surface area contributed by atoms with Crippen LogP contribution in [0.1, 0.15) is 47.0 Å². The average Bonchev–Trinajstić information content (AvgIpc) is 2.01. The van der Waals surface area contributed by atoms with Crippen LogP contribution in [0.2, 0.25) is 0 Å². The molecule has 0 saturated heterocycles. The number of ketones is 1. The minimum atomic E-state index is 0.165. The average molecular weight is 194 g/mol. The molecule has 0 aromatic heterocycles. The third-order valence-corrected chi connectivity index (χ3v) is 3.53. The Morgan fingerprint density at radius 2 is 2.07 bits per heavy atom. The maximum Gasteiger partial charge on any atom is 0.152 e. The Hall–Kier alpha value is -0.590. The van der Waals surface area contributed by atoms with Crippen LogP contribution in [0.4, 0.5) is 0 Å². The van der Waals surface area contributed by atoms with Crippen molar-refractivity contribution < 1.29 is 4.79 Å². The summed E-state index contributed by atoms with van der Waals surface area (Å²) < 4.78 is 0. The van der Waals surface area contributed by atoms with Crippen molar-refractivity contribution in [2.45, 2.75) is 47.0 Å². The monoisotopic (exact) mass is 194 g/mol. The zero-order valence-electron chi connectivity index (χ0n) is 9.84. The topological polar surface area (TPSA) is 17.1 Å². The molecule has 0 N–H and O–H groups in total. The molecule has 1 nitrogen and oxygen atoms in total. The molecule has 0 bridgehead atoms. The van der Waals surface area contributed by atoms with Crippen LogP contribution in [0.3, 0.4) is 0 Å². The fourth-order valence-corrected chi connectivity index (χ4v) is 2.69. The highest BCUT2D eigenvalue weighted by Gasteiger charge is 2.34. The summed E-state index contributed by atoms with van der Waals surface area (Å²) >= 11 is 0. The van der Waals surface area contributed by atoms with E-state index in [0.717, 1.165) is 0 Å². The molecule has 1 saturated carbocycles. The Balaban J connectivity index is 2.75. The van der Waals surface area contributed by atoms with E-state index in [0.29, 0.717) is 17.3 Å². The maximum atomic E-state index is 10.9. The van der Waals surface area contributed by atoms with E-state index in [1.807, 2.05) is 0 Å². The van der Waals surface area contributed by atoms with Crippen molar-refractivity contribution in [3.05, 3.63) is 12.2 Å². The summed E-state index contributed by atoms with van der Waals surface area (Å²) in [5.41, 5.74) is 0.365. The zero-order valence-corrected chi connectivity index (χ0v) is 9.84. The summed E-state index contributed by atoms with van der Waals surface area (Å²) in [5.74, 6) is 1.45. The van der Waals surface area contributed by atoms with Gasteiger partial charge in [0.2, 0.25) is 0 Å². The van der Waals surface area contributed by atoms with E-state index >= 15 is 0 Å². The van der Waals surface area contributed by atoms with Crippen LogP contribution >= 0.6 is 0 Å². The molecule has 2 atom stereocenters. The lowest BCUT2D eigenvalue weighted by Gasteiger charge is -2.41. The van der Waals surface area contributed by atoms with E-state index < -0.39 is 0 Å². The van der Waals surface area contributed by atoms with Crippen LogP contribution in [-0.4, -0.2) is 5.78 Å². The van der Waals surface area contributed by atoms with Crippen molar-refractivity contribution in [3.8, 4) is 0 Å². The summed E-state index contributed by atoms with van der Waals surface area (Å²) in [7, 11) is 0. The summed E-state index contributed by atoms with van der Waals surface area (Å²) in [6.07, 6.45) is 7.79. The molecule has 1 aliphatic rings. The van der Waals surface area contributed by atoms with E-state index in [1.165, 1.54) is 19.3 Å². The number of rotatable bonds is 2. The molecule has 1 heteroatoms. The maximum absolute atomic E-state index is 10.9. The molecular formula is C13H22O. The van der Waals surface area contributed by atoms with Crippen molar-refractivity contribution in [3.63, 3.8) is 0 Å². The second-order valence-corrected chi connectivity index (χ2v) is 5.35. The van der Waals surface area contributed by atoms with Crippen molar-refractivity contribution in [1.82, 2.24) is 0 Å². The number of allylic oxidation sites excluding steroid dienone is 2. The summed E-state index contributed by atoms with van der Waals surface area (Å²) in [4.78, 5) is 10.9. The third-order valence-electron chi connectivity index (χ3n) is 3.53. The first-order chi connectivity index (χ1) is 6.43. The Morgan fingerprint density at radius 3 is 2.57 bits per heavy atom. The first kappa shape index (κ1) is 11.5. The fourth-order valence-electron chi connectivity index (χ4n) is 2.69. The van der Waals surface area contributed by atoms with Gasteiger partial charge in [0.1, 0.15) is 0 Å². The molecule has 0 amide bonds. The predicted octanol–water partition coefficient (Wildman–Crippen LogP) is 3.59. The van der Waals surface area contributed by atoms with E-state index in [-0.39, 0.29) is 5.78 Å². The van der Waals surface area contributed by atoms with Gasteiger partial charge in [-0.1, -0.05) is 39.7 Å². The smallest absolute Gasteiger partial charge is 0.152 e. The van der Waals surface area contributed by atoms with E-state index in [1.54, 1.807) is 13.0 Å². The summed E-state index contributed by atoms with van der Waals surface area (Å²) in [6, 6.07) is 0. The molecule has 1 fully saturated rings. The zero-order chi connectivity index (χ0) is 10.8. The van der Waals surface area contributed by atoms with Gasteiger partial charge >= 0.3 is 0 Å². The van der Waals surface area contributed by atoms with E-state index in [2.05, 4.69) is 26.8 Å². The van der Waals surface area contributed by atoms with Gasteiger partial charge in [0, 0.05) is 0 Å². The lowest BCUT2D eigenvalue weighted by atomic mass is 9.64. The van der Waals surface area contributed by atoms with Gasteiger partial charge in [-0.3, -0.25) is 4.79 Å². The molecule has 1 rings (SSSR count). The van der Waals surface area contributed by atoms with Crippen molar-refractivity contribution in [1.29, 1.82) is 0 Å². The SMILES string of the molecule is CC(=O)/C=C/C1C(C)CCCC1(C)C. The number of hydrogen-bond donors (Lipinski definition) is 0. The number of hydrogen-bond acceptors (Lipinski definition) is 1. The number of carbonyl (C=O) groups is 1. The van der Waals surface area contributed by atoms with Crippen LogP contribution < -0.4 is 0 Å². The minimum absolute atomic E-state index is 0.165. The van der Waals surface area contributed by atoms with E-state index in [4.69, 9.17) is 0 Å². The van der Waals surface area contributed by atoms with Gasteiger partial charge in [-0.05, 0) is 36.7 Å². The van der Waals surface area contributed by atoms with Crippen LogP contribution in [0.25, 0.3) is 0 Å². The van der Waals surface area contributed by atoms with Crippen molar-refractivity contribution >= 4 is 5.78 Å². The predicted molar refractivity (Wildman–Crippen MR) is 60.1 cm³/mol. The van der Waals surface area contributed by atoms with Gasteiger partial charge in [0.05, 0.1) is 0 Å². The van der Waals surface area contributed by atoms with Crippen molar-refractivity contribution in [2.24, 2.45) is 17.3 Å². The van der Waals surface area contributed by atoms with Gasteiger partial charge < -0.3 is 0 Å². The Kier molecular flexibility index (Phi) is 3.52. The van der Waals surface area contributed by atoms with Crippen LogP contribution in [0.5, 0.6) is 0 Å². The quantitative estimate of drug-likeness (QED) is 0.614. The second-order valence-electron chi connectivity index (χ2n) is 5.35. The minimum Gasteiger partial charge on any atom is -0.295 e. The molecule has 0 spiro atoms. The standard InChI is InChI=1S/C13H22O/c1-10-6-5-9-13(3,4)12(10)8-7-11(2)14/h7-8,10,12H,5-6,9H2,1-4H3/b8-7+. The van der Waals surface area contributed by atoms with Crippen LogP contribution in [0.15, 0.2) is 12.2 Å². The highest BCUT2D eigenvalue weighted by molar-refractivity contribution is 5.87. The first-order valence-corrected chi connectivity index (χ1v) is 5.62. The molecule has 0 heterocycles. The number of carbonyl (C=O) groups excluding carboxylic acids is 1. The van der Waals surface area contributed by atoms with E-state index in [9.17, 15) is 4.79 Å². The lowest BCUT2D eigenvalue weighted by molar-refractivity contribution is -0.112. The largest absolute Gasteiger partial charge is 0.295 e. The lowest BCUT2D eigenvalue weighted by Crippen LogP contribution is -2.32. The Morgan fingerprint density at radius 1 is 1.43 bits per heavy atom. The van der Waals surface area contributed by atoms with Crippen LogP contribution in [0, 0.1) is 17.3 Å². The molecule has 0 aromatic rings. The Bertz CT molecular complexity index is 238. The van der Waals surface area contributed by atoms with Gasteiger partial charge in [-0.15, -0.1) is 0 Å². The molecule has 80 valence electrons. The van der Waals surface area contributed by atoms with Crippen LogP contribution in [-0.2, 0) is 4.79 Å². The molecule has 1 aliphatic carbocycles. The highest BCUT2D eigenvalue weighted by Crippen LogP contribution is 2.44. The molecule has 0 aromatic carbocycles. The normalized spacial score (nSPS) is 32.0. The molecule has 0 aliphatic heterocycles. The first-order valence-electron chi connectivity index (χ1n) is 5.62. The van der Waals surface area contributed by atoms with Gasteiger partial charge in [0.25, 0.3) is 0 Å². The molecule has 0 radical (unpaired) electrons. The Labute approximate surface area is 87.6 Å².